The van der Waals surface area contributed by atoms with Gasteiger partial charge in [-0.15, -0.1) is 0 Å². The molecule has 0 heterocycles. The minimum Gasteiger partial charge on any atom is -0.457 e. The number of ether oxygens (including phenoxy) is 1. The van der Waals surface area contributed by atoms with Crippen LogP contribution in [-0.2, 0) is 13.0 Å². The van der Waals surface area contributed by atoms with E-state index in [1.165, 1.54) is 11.1 Å². The van der Waals surface area contributed by atoms with Crippen LogP contribution in [0.1, 0.15) is 25.0 Å². The Balaban J connectivity index is 2.29. The summed E-state index contributed by atoms with van der Waals surface area (Å²) < 4.78 is 7.17. The van der Waals surface area contributed by atoms with Crippen LogP contribution in [0.3, 0.4) is 0 Å². The summed E-state index contributed by atoms with van der Waals surface area (Å²) in [5.74, 6) is 1.84. The predicted octanol–water partition coefficient (Wildman–Crippen LogP) is 4.91. The zero-order valence-electron chi connectivity index (χ0n) is 11.9. The molecule has 0 saturated heterocycles. The van der Waals surface area contributed by atoms with E-state index in [2.05, 4.69) is 47.2 Å². The maximum absolute atomic E-state index is 6.14. The second kappa shape index (κ2) is 7.46. The van der Waals surface area contributed by atoms with Crippen LogP contribution >= 0.6 is 15.9 Å². The van der Waals surface area contributed by atoms with Gasteiger partial charge in [-0.3, -0.25) is 0 Å². The fourth-order valence-corrected chi connectivity index (χ4v) is 2.38. The van der Waals surface area contributed by atoms with Gasteiger partial charge < -0.3 is 10.1 Å². The zero-order chi connectivity index (χ0) is 14.4. The highest BCUT2D eigenvalue weighted by molar-refractivity contribution is 9.10. The molecule has 0 saturated carbocycles. The first kappa shape index (κ1) is 15.1. The minimum absolute atomic E-state index is 0.813. The van der Waals surface area contributed by atoms with Crippen molar-refractivity contribution in [2.45, 2.75) is 26.8 Å². The molecule has 3 heteroatoms. The normalized spacial score (nSPS) is 10.6. The first-order valence-electron chi connectivity index (χ1n) is 6.99. The summed E-state index contributed by atoms with van der Waals surface area (Å²) >= 11 is 3.51. The Morgan fingerprint density at radius 3 is 2.55 bits per heavy atom. The average molecular weight is 334 g/mol. The van der Waals surface area contributed by atoms with E-state index in [-0.39, 0.29) is 0 Å². The molecule has 0 aliphatic carbocycles. The molecule has 2 nitrogen and oxygen atoms in total. The van der Waals surface area contributed by atoms with Crippen molar-refractivity contribution in [1.82, 2.24) is 5.32 Å². The van der Waals surface area contributed by atoms with E-state index in [1.54, 1.807) is 0 Å². The van der Waals surface area contributed by atoms with Gasteiger partial charge in [-0.2, -0.15) is 0 Å². The van der Waals surface area contributed by atoms with Gasteiger partial charge in [0.2, 0.25) is 0 Å². The number of hydrogen-bond donors (Lipinski definition) is 1. The largest absolute Gasteiger partial charge is 0.457 e. The molecule has 0 radical (unpaired) electrons. The summed E-state index contributed by atoms with van der Waals surface area (Å²) in [6.07, 6.45) is 0.965. The SMILES string of the molecule is CCNCc1ccc(Br)cc1Oc1ccccc1CC. The monoisotopic (exact) mass is 333 g/mol. The van der Waals surface area contributed by atoms with Crippen molar-refractivity contribution in [3.05, 3.63) is 58.1 Å². The van der Waals surface area contributed by atoms with Gasteiger partial charge in [0, 0.05) is 16.6 Å². The zero-order valence-corrected chi connectivity index (χ0v) is 13.5. The van der Waals surface area contributed by atoms with Gasteiger partial charge in [0.15, 0.2) is 0 Å². The fraction of sp³-hybridized carbons (Fsp3) is 0.294. The van der Waals surface area contributed by atoms with Gasteiger partial charge in [-0.1, -0.05) is 54.0 Å². The Morgan fingerprint density at radius 1 is 1.00 bits per heavy atom. The van der Waals surface area contributed by atoms with Crippen molar-refractivity contribution in [3.63, 3.8) is 0 Å². The number of nitrogens with one attached hydrogen (secondary N) is 1. The molecule has 20 heavy (non-hydrogen) atoms. The lowest BCUT2D eigenvalue weighted by atomic mass is 10.1. The first-order chi connectivity index (χ1) is 9.74. The molecule has 0 aliphatic rings. The average Bonchev–Trinajstić information content (AvgIpc) is 2.47. The second-order valence-corrected chi connectivity index (χ2v) is 5.51. The van der Waals surface area contributed by atoms with Crippen molar-refractivity contribution < 1.29 is 4.74 Å². The Hall–Kier alpha value is -1.32. The summed E-state index contributed by atoms with van der Waals surface area (Å²) in [7, 11) is 0. The van der Waals surface area contributed by atoms with E-state index in [4.69, 9.17) is 4.74 Å². The highest BCUT2D eigenvalue weighted by Gasteiger charge is 2.08. The molecule has 0 unspecified atom stereocenters. The third-order valence-corrected chi connectivity index (χ3v) is 3.66. The van der Waals surface area contributed by atoms with Gasteiger partial charge >= 0.3 is 0 Å². The lowest BCUT2D eigenvalue weighted by Gasteiger charge is -2.14. The van der Waals surface area contributed by atoms with Crippen LogP contribution in [-0.4, -0.2) is 6.54 Å². The number of benzene rings is 2. The highest BCUT2D eigenvalue weighted by atomic mass is 79.9. The number of rotatable bonds is 6. The first-order valence-corrected chi connectivity index (χ1v) is 7.78. The third kappa shape index (κ3) is 3.84. The van der Waals surface area contributed by atoms with E-state index in [0.29, 0.717) is 0 Å². The molecule has 0 spiro atoms. The Labute approximate surface area is 129 Å². The minimum atomic E-state index is 0.813. The van der Waals surface area contributed by atoms with Crippen LogP contribution in [0.2, 0.25) is 0 Å². The van der Waals surface area contributed by atoms with Crippen LogP contribution in [0.4, 0.5) is 0 Å². The smallest absolute Gasteiger partial charge is 0.133 e. The number of para-hydroxylation sites is 1. The quantitative estimate of drug-likeness (QED) is 0.810. The summed E-state index contributed by atoms with van der Waals surface area (Å²) in [4.78, 5) is 0. The molecule has 0 aromatic heterocycles. The molecule has 106 valence electrons. The molecule has 0 bridgehead atoms. The topological polar surface area (TPSA) is 21.3 Å². The maximum atomic E-state index is 6.14. The molecule has 2 rings (SSSR count). The van der Waals surface area contributed by atoms with Crippen molar-refractivity contribution >= 4 is 15.9 Å². The van der Waals surface area contributed by atoms with Gasteiger partial charge in [0.25, 0.3) is 0 Å². The molecule has 0 fully saturated rings. The van der Waals surface area contributed by atoms with E-state index in [0.717, 1.165) is 35.5 Å². The Kier molecular flexibility index (Phi) is 5.62. The molecular weight excluding hydrogens is 314 g/mol. The van der Waals surface area contributed by atoms with Crippen LogP contribution < -0.4 is 10.1 Å². The van der Waals surface area contributed by atoms with Gasteiger partial charge in [0.1, 0.15) is 11.5 Å². The standard InChI is InChI=1S/C17H20BrNO/c1-3-13-7-5-6-8-16(13)20-17-11-15(18)10-9-14(17)12-19-4-2/h5-11,19H,3-4,12H2,1-2H3. The Bertz CT molecular complexity index is 569. The number of halogens is 1. The maximum Gasteiger partial charge on any atom is 0.133 e. The molecule has 2 aromatic carbocycles. The summed E-state index contributed by atoms with van der Waals surface area (Å²) in [5.41, 5.74) is 2.39. The number of hydrogen-bond acceptors (Lipinski definition) is 2. The third-order valence-electron chi connectivity index (χ3n) is 3.17. The summed E-state index contributed by atoms with van der Waals surface area (Å²) in [5, 5.41) is 3.34. The van der Waals surface area contributed by atoms with E-state index < -0.39 is 0 Å². The molecule has 2 aromatic rings. The van der Waals surface area contributed by atoms with Crippen LogP contribution in [0.5, 0.6) is 11.5 Å². The fourth-order valence-electron chi connectivity index (χ4n) is 2.04. The van der Waals surface area contributed by atoms with Crippen LogP contribution in [0.25, 0.3) is 0 Å². The van der Waals surface area contributed by atoms with Crippen LogP contribution in [0.15, 0.2) is 46.9 Å². The molecule has 0 amide bonds. The van der Waals surface area contributed by atoms with Crippen molar-refractivity contribution in [3.8, 4) is 11.5 Å². The summed E-state index contributed by atoms with van der Waals surface area (Å²) in [6.45, 7) is 6.00. The second-order valence-electron chi connectivity index (χ2n) is 4.60. The molecule has 1 N–H and O–H groups in total. The van der Waals surface area contributed by atoms with Crippen molar-refractivity contribution in [2.75, 3.05) is 6.54 Å². The van der Waals surface area contributed by atoms with E-state index >= 15 is 0 Å². The van der Waals surface area contributed by atoms with E-state index in [1.807, 2.05) is 30.3 Å². The van der Waals surface area contributed by atoms with Crippen molar-refractivity contribution in [1.29, 1.82) is 0 Å². The van der Waals surface area contributed by atoms with Gasteiger partial charge in [-0.05, 0) is 36.7 Å². The summed E-state index contributed by atoms with van der Waals surface area (Å²) in [6, 6.07) is 14.4. The van der Waals surface area contributed by atoms with Gasteiger partial charge in [-0.25, -0.2) is 0 Å². The predicted molar refractivity (Wildman–Crippen MR) is 87.4 cm³/mol. The van der Waals surface area contributed by atoms with E-state index in [9.17, 15) is 0 Å². The highest BCUT2D eigenvalue weighted by Crippen LogP contribution is 2.30. The van der Waals surface area contributed by atoms with Crippen LogP contribution in [0, 0.1) is 0 Å². The Morgan fingerprint density at radius 2 is 1.80 bits per heavy atom. The van der Waals surface area contributed by atoms with Gasteiger partial charge in [0.05, 0.1) is 0 Å². The molecular formula is C17H20BrNO. The lowest BCUT2D eigenvalue weighted by Crippen LogP contribution is -2.12. The molecule has 0 aliphatic heterocycles. The molecule has 0 atom stereocenters. The van der Waals surface area contributed by atoms with Crippen molar-refractivity contribution in [2.24, 2.45) is 0 Å². The number of aryl methyl sites for hydroxylation is 1. The lowest BCUT2D eigenvalue weighted by molar-refractivity contribution is 0.467.